The fraction of sp³-hybridized carbons (Fsp3) is 0.500. The van der Waals surface area contributed by atoms with E-state index >= 15 is 0 Å². The molecule has 0 aliphatic heterocycles. The predicted molar refractivity (Wildman–Crippen MR) is 72.1 cm³/mol. The third kappa shape index (κ3) is 3.67. The number of rotatable bonds is 5. The lowest BCUT2D eigenvalue weighted by Gasteiger charge is -2.19. The van der Waals surface area contributed by atoms with Crippen molar-refractivity contribution in [3.8, 4) is 0 Å². The molecule has 0 heterocycles. The predicted octanol–water partition coefficient (Wildman–Crippen LogP) is 4.04. The Morgan fingerprint density at radius 1 is 1.06 bits per heavy atom. The summed E-state index contributed by atoms with van der Waals surface area (Å²) in [4.78, 5) is 12.1. The van der Waals surface area contributed by atoms with E-state index in [0.29, 0.717) is 11.2 Å². The van der Waals surface area contributed by atoms with E-state index in [2.05, 4.69) is 20.8 Å². The van der Waals surface area contributed by atoms with Gasteiger partial charge in [-0.15, -0.1) is 11.8 Å². The van der Waals surface area contributed by atoms with Crippen molar-refractivity contribution < 1.29 is 4.79 Å². The summed E-state index contributed by atoms with van der Waals surface area (Å²) < 4.78 is 0. The number of carbonyl (C=O) groups is 1. The van der Waals surface area contributed by atoms with E-state index in [1.165, 1.54) is 0 Å². The second kappa shape index (κ2) is 6.09. The second-order valence-corrected chi connectivity index (χ2v) is 6.18. The van der Waals surface area contributed by atoms with Crippen LogP contribution in [-0.2, 0) is 0 Å². The smallest absolute Gasteiger partial charge is 0.175 e. The third-order valence-electron chi connectivity index (χ3n) is 2.79. The van der Waals surface area contributed by atoms with Crippen molar-refractivity contribution in [2.75, 3.05) is 0 Å². The highest BCUT2D eigenvalue weighted by molar-refractivity contribution is 8.01. The van der Waals surface area contributed by atoms with Crippen molar-refractivity contribution in [3.63, 3.8) is 0 Å². The number of carbonyl (C=O) groups excluding carboxylic acids is 1. The van der Waals surface area contributed by atoms with E-state index < -0.39 is 0 Å². The van der Waals surface area contributed by atoms with Crippen LogP contribution in [0.25, 0.3) is 0 Å². The molecule has 0 fully saturated rings. The first-order chi connectivity index (χ1) is 7.52. The standard InChI is InChI=1S/C14H20OS/c1-10(2)11(3)16-12(4)14(15)13-8-6-5-7-9-13/h5-12H,1-4H3. The van der Waals surface area contributed by atoms with Gasteiger partial charge in [-0.1, -0.05) is 51.1 Å². The maximum atomic E-state index is 12.1. The van der Waals surface area contributed by atoms with Gasteiger partial charge in [0.2, 0.25) is 0 Å². The van der Waals surface area contributed by atoms with Gasteiger partial charge in [0, 0.05) is 10.8 Å². The van der Waals surface area contributed by atoms with E-state index in [4.69, 9.17) is 0 Å². The number of thioether (sulfide) groups is 1. The van der Waals surface area contributed by atoms with E-state index in [9.17, 15) is 4.79 Å². The molecule has 2 heteroatoms. The van der Waals surface area contributed by atoms with Gasteiger partial charge in [-0.25, -0.2) is 0 Å². The summed E-state index contributed by atoms with van der Waals surface area (Å²) in [6.45, 7) is 8.57. The molecule has 88 valence electrons. The molecule has 0 saturated heterocycles. The summed E-state index contributed by atoms with van der Waals surface area (Å²) in [6, 6.07) is 9.54. The molecule has 0 aliphatic carbocycles. The van der Waals surface area contributed by atoms with Gasteiger partial charge in [0.1, 0.15) is 0 Å². The van der Waals surface area contributed by atoms with E-state index in [-0.39, 0.29) is 11.0 Å². The summed E-state index contributed by atoms with van der Waals surface area (Å²) >= 11 is 1.76. The molecule has 0 spiro atoms. The zero-order valence-corrected chi connectivity index (χ0v) is 11.3. The summed E-state index contributed by atoms with van der Waals surface area (Å²) in [5.74, 6) is 0.842. The highest BCUT2D eigenvalue weighted by Gasteiger charge is 2.19. The SMILES string of the molecule is CC(SC(C)C(C)C)C(=O)c1ccccc1. The van der Waals surface area contributed by atoms with Crippen molar-refractivity contribution in [2.45, 2.75) is 38.2 Å². The topological polar surface area (TPSA) is 17.1 Å². The molecule has 1 rings (SSSR count). The summed E-state index contributed by atoms with van der Waals surface area (Å²) in [6.07, 6.45) is 0. The molecule has 1 aromatic rings. The zero-order valence-electron chi connectivity index (χ0n) is 10.4. The van der Waals surface area contributed by atoms with Gasteiger partial charge in [-0.05, 0) is 12.8 Å². The van der Waals surface area contributed by atoms with Gasteiger partial charge in [0.15, 0.2) is 5.78 Å². The van der Waals surface area contributed by atoms with Crippen LogP contribution in [-0.4, -0.2) is 16.3 Å². The zero-order chi connectivity index (χ0) is 12.1. The molecular weight excluding hydrogens is 216 g/mol. The van der Waals surface area contributed by atoms with Gasteiger partial charge in [0.05, 0.1) is 5.25 Å². The molecule has 0 radical (unpaired) electrons. The molecule has 2 atom stereocenters. The molecular formula is C14H20OS. The van der Waals surface area contributed by atoms with Crippen molar-refractivity contribution in [3.05, 3.63) is 35.9 Å². The van der Waals surface area contributed by atoms with Crippen molar-refractivity contribution in [1.29, 1.82) is 0 Å². The number of Topliss-reactive ketones (excluding diaryl/α,β-unsaturated/α-hetero) is 1. The lowest BCUT2D eigenvalue weighted by molar-refractivity contribution is 0.0993. The van der Waals surface area contributed by atoms with Crippen LogP contribution in [0.15, 0.2) is 30.3 Å². The van der Waals surface area contributed by atoms with Crippen molar-refractivity contribution >= 4 is 17.5 Å². The lowest BCUT2D eigenvalue weighted by atomic mass is 10.1. The summed E-state index contributed by atoms with van der Waals surface area (Å²) in [7, 11) is 0. The molecule has 0 amide bonds. The first-order valence-corrected chi connectivity index (χ1v) is 6.71. The van der Waals surface area contributed by atoms with E-state index in [1.54, 1.807) is 11.8 Å². The Hall–Kier alpha value is -0.760. The number of hydrogen-bond acceptors (Lipinski definition) is 2. The maximum Gasteiger partial charge on any atom is 0.175 e. The minimum atomic E-state index is 0.0415. The maximum absolute atomic E-state index is 12.1. The number of benzene rings is 1. The van der Waals surface area contributed by atoms with Crippen LogP contribution in [0.2, 0.25) is 0 Å². The van der Waals surface area contributed by atoms with Crippen LogP contribution in [0, 0.1) is 5.92 Å². The lowest BCUT2D eigenvalue weighted by Crippen LogP contribution is -2.19. The Labute approximate surface area is 103 Å². The minimum Gasteiger partial charge on any atom is -0.293 e. The van der Waals surface area contributed by atoms with Gasteiger partial charge in [-0.3, -0.25) is 4.79 Å². The molecule has 16 heavy (non-hydrogen) atoms. The molecule has 0 N–H and O–H groups in total. The van der Waals surface area contributed by atoms with Crippen LogP contribution in [0.5, 0.6) is 0 Å². The average molecular weight is 236 g/mol. The number of hydrogen-bond donors (Lipinski definition) is 0. The average Bonchev–Trinajstić information content (AvgIpc) is 2.28. The first-order valence-electron chi connectivity index (χ1n) is 5.77. The second-order valence-electron chi connectivity index (χ2n) is 4.46. The Morgan fingerprint density at radius 3 is 2.12 bits per heavy atom. The van der Waals surface area contributed by atoms with Crippen LogP contribution < -0.4 is 0 Å². The van der Waals surface area contributed by atoms with Gasteiger partial charge >= 0.3 is 0 Å². The van der Waals surface area contributed by atoms with Crippen molar-refractivity contribution in [2.24, 2.45) is 5.92 Å². The Balaban J connectivity index is 2.62. The summed E-state index contributed by atoms with van der Waals surface area (Å²) in [5.41, 5.74) is 0.818. The van der Waals surface area contributed by atoms with Crippen LogP contribution >= 0.6 is 11.8 Å². The quantitative estimate of drug-likeness (QED) is 0.718. The normalized spacial score (nSPS) is 14.8. The van der Waals surface area contributed by atoms with Gasteiger partial charge in [-0.2, -0.15) is 0 Å². The largest absolute Gasteiger partial charge is 0.293 e. The summed E-state index contributed by atoms with van der Waals surface area (Å²) in [5, 5.41) is 0.558. The fourth-order valence-corrected chi connectivity index (χ4v) is 2.60. The molecule has 2 unspecified atom stereocenters. The molecule has 1 aromatic carbocycles. The Kier molecular flexibility index (Phi) is 5.07. The van der Waals surface area contributed by atoms with Crippen LogP contribution in [0.4, 0.5) is 0 Å². The molecule has 0 aliphatic rings. The van der Waals surface area contributed by atoms with Gasteiger partial charge in [0.25, 0.3) is 0 Å². The number of ketones is 1. The third-order valence-corrected chi connectivity index (χ3v) is 4.38. The van der Waals surface area contributed by atoms with E-state index in [1.807, 2.05) is 37.3 Å². The van der Waals surface area contributed by atoms with Crippen LogP contribution in [0.1, 0.15) is 38.1 Å². The monoisotopic (exact) mass is 236 g/mol. The minimum absolute atomic E-state index is 0.0415. The van der Waals surface area contributed by atoms with E-state index in [0.717, 1.165) is 5.56 Å². The highest BCUT2D eigenvalue weighted by atomic mass is 32.2. The van der Waals surface area contributed by atoms with Crippen LogP contribution in [0.3, 0.4) is 0 Å². The molecule has 0 saturated carbocycles. The molecule has 0 bridgehead atoms. The Morgan fingerprint density at radius 2 is 1.62 bits per heavy atom. The fourth-order valence-electron chi connectivity index (χ4n) is 1.38. The molecule has 1 nitrogen and oxygen atoms in total. The Bertz CT molecular complexity index is 332. The van der Waals surface area contributed by atoms with Gasteiger partial charge < -0.3 is 0 Å². The van der Waals surface area contributed by atoms with Crippen molar-refractivity contribution in [1.82, 2.24) is 0 Å². The first kappa shape index (κ1) is 13.3. The molecule has 0 aromatic heterocycles. The highest BCUT2D eigenvalue weighted by Crippen LogP contribution is 2.25.